The van der Waals surface area contributed by atoms with Gasteiger partial charge in [0, 0.05) is 17.7 Å². The fourth-order valence-corrected chi connectivity index (χ4v) is 1.91. The zero-order valence-corrected chi connectivity index (χ0v) is 11.3. The Hall–Kier alpha value is -2.47. The lowest BCUT2D eigenvalue weighted by molar-refractivity contribution is -0.385. The molecule has 21 heavy (non-hydrogen) atoms. The molecule has 5 nitrogen and oxygen atoms in total. The summed E-state index contributed by atoms with van der Waals surface area (Å²) in [5.74, 6) is -0.569. The second-order valence-corrected chi connectivity index (χ2v) is 4.43. The molecule has 6 heteroatoms. The molecule has 1 N–H and O–H groups in total. The maximum atomic E-state index is 13.3. The number of ether oxygens (including phenoxy) is 1. The Morgan fingerprint density at radius 2 is 2.00 bits per heavy atom. The molecule has 0 heterocycles. The van der Waals surface area contributed by atoms with E-state index in [0.717, 1.165) is 18.2 Å². The first kappa shape index (κ1) is 14.9. The van der Waals surface area contributed by atoms with Crippen LogP contribution in [0.15, 0.2) is 42.5 Å². The molecule has 0 aromatic heterocycles. The average molecular weight is 291 g/mol. The van der Waals surface area contributed by atoms with E-state index in [1.165, 1.54) is 0 Å². The van der Waals surface area contributed by atoms with E-state index >= 15 is 0 Å². The molecule has 0 amide bonds. The molecule has 0 bridgehead atoms. The Balaban J connectivity index is 2.43. The quantitative estimate of drug-likeness (QED) is 0.668. The Labute approximate surface area is 120 Å². The molecular weight excluding hydrogens is 277 g/mol. The third-order valence-electron chi connectivity index (χ3n) is 3.00. The molecule has 2 aromatic carbocycles. The molecule has 0 aliphatic carbocycles. The summed E-state index contributed by atoms with van der Waals surface area (Å²) in [7, 11) is 0. The number of aliphatic hydroxyl groups is 1. The number of halogens is 1. The Morgan fingerprint density at radius 1 is 1.29 bits per heavy atom. The summed E-state index contributed by atoms with van der Waals surface area (Å²) < 4.78 is 18.8. The summed E-state index contributed by atoms with van der Waals surface area (Å²) in [6.45, 7) is 1.80. The second kappa shape index (κ2) is 6.32. The predicted molar refractivity (Wildman–Crippen MR) is 74.8 cm³/mol. The highest BCUT2D eigenvalue weighted by Crippen LogP contribution is 2.35. The number of aliphatic hydroxyl groups excluding tert-OH is 1. The minimum absolute atomic E-state index is 0.198. The van der Waals surface area contributed by atoms with Crippen molar-refractivity contribution >= 4 is 5.69 Å². The van der Waals surface area contributed by atoms with Crippen molar-refractivity contribution in [2.75, 3.05) is 0 Å². The minimum atomic E-state index is -0.756. The van der Waals surface area contributed by atoms with Crippen molar-refractivity contribution in [3.8, 4) is 11.5 Å². The summed E-state index contributed by atoms with van der Waals surface area (Å²) in [5.41, 5.74) is 0.163. The lowest BCUT2D eigenvalue weighted by Crippen LogP contribution is -2.00. The Bertz CT molecular complexity index is 660. The highest BCUT2D eigenvalue weighted by Gasteiger charge is 2.19. The largest absolute Gasteiger partial charge is 0.450 e. The van der Waals surface area contributed by atoms with E-state index in [0.29, 0.717) is 12.0 Å². The molecule has 0 fully saturated rings. The number of para-hydroxylation sites is 1. The van der Waals surface area contributed by atoms with Gasteiger partial charge in [-0.2, -0.15) is 0 Å². The van der Waals surface area contributed by atoms with E-state index < -0.39 is 16.8 Å². The number of benzene rings is 2. The van der Waals surface area contributed by atoms with Gasteiger partial charge in [0.2, 0.25) is 5.75 Å². The molecule has 1 atom stereocenters. The van der Waals surface area contributed by atoms with Crippen LogP contribution in [-0.2, 0) is 0 Å². The van der Waals surface area contributed by atoms with Gasteiger partial charge in [-0.05, 0) is 18.6 Å². The van der Waals surface area contributed by atoms with Gasteiger partial charge in [-0.3, -0.25) is 10.1 Å². The number of nitro groups is 1. The van der Waals surface area contributed by atoms with Gasteiger partial charge < -0.3 is 9.84 Å². The molecule has 110 valence electrons. The topological polar surface area (TPSA) is 72.6 Å². The number of nitro benzene ring substituents is 1. The maximum Gasteiger partial charge on any atom is 0.311 e. The van der Waals surface area contributed by atoms with Crippen LogP contribution in [0.5, 0.6) is 11.5 Å². The van der Waals surface area contributed by atoms with Gasteiger partial charge in [0.1, 0.15) is 11.6 Å². The standard InChI is InChI=1S/C15H14FNO4/c1-2-13(18)11-5-3-4-6-14(11)21-15-9-10(16)7-8-12(15)17(19)20/h3-9,13,18H,2H2,1H3/t13-/m1/s1. The monoisotopic (exact) mass is 291 g/mol. The predicted octanol–water partition coefficient (Wildman–Crippen LogP) is 3.97. The smallest absolute Gasteiger partial charge is 0.311 e. The van der Waals surface area contributed by atoms with Crippen LogP contribution in [0, 0.1) is 15.9 Å². The maximum absolute atomic E-state index is 13.3. The third-order valence-corrected chi connectivity index (χ3v) is 3.00. The van der Waals surface area contributed by atoms with Crippen molar-refractivity contribution in [1.82, 2.24) is 0 Å². The molecule has 2 aromatic rings. The highest BCUT2D eigenvalue weighted by molar-refractivity contribution is 5.50. The van der Waals surface area contributed by atoms with Crippen LogP contribution in [0.2, 0.25) is 0 Å². The average Bonchev–Trinajstić information content (AvgIpc) is 2.47. The number of rotatable bonds is 5. The van der Waals surface area contributed by atoms with Crippen molar-refractivity contribution in [1.29, 1.82) is 0 Å². The summed E-state index contributed by atoms with van der Waals surface area (Å²) in [4.78, 5) is 10.3. The van der Waals surface area contributed by atoms with Gasteiger partial charge in [0.25, 0.3) is 0 Å². The van der Waals surface area contributed by atoms with Crippen molar-refractivity contribution < 1.29 is 19.2 Å². The summed E-state index contributed by atoms with van der Waals surface area (Å²) in [6.07, 6.45) is -0.292. The second-order valence-electron chi connectivity index (χ2n) is 4.43. The van der Waals surface area contributed by atoms with Crippen LogP contribution in [0.4, 0.5) is 10.1 Å². The SMILES string of the molecule is CC[C@@H](O)c1ccccc1Oc1cc(F)ccc1[N+](=O)[O-]. The molecule has 0 spiro atoms. The van der Waals surface area contributed by atoms with Crippen molar-refractivity contribution in [3.63, 3.8) is 0 Å². The van der Waals surface area contributed by atoms with Crippen molar-refractivity contribution in [2.45, 2.75) is 19.4 Å². The lowest BCUT2D eigenvalue weighted by Gasteiger charge is -2.14. The Morgan fingerprint density at radius 3 is 2.67 bits per heavy atom. The van der Waals surface area contributed by atoms with Gasteiger partial charge in [-0.1, -0.05) is 25.1 Å². The summed E-state index contributed by atoms with van der Waals surface area (Å²) in [5, 5.41) is 20.9. The summed E-state index contributed by atoms with van der Waals surface area (Å²) in [6, 6.07) is 9.62. The molecule has 0 unspecified atom stereocenters. The molecule has 0 aliphatic heterocycles. The first-order valence-electron chi connectivity index (χ1n) is 6.41. The van der Waals surface area contributed by atoms with Crippen LogP contribution in [0.1, 0.15) is 25.0 Å². The van der Waals surface area contributed by atoms with E-state index in [9.17, 15) is 19.6 Å². The first-order chi connectivity index (χ1) is 10.0. The van der Waals surface area contributed by atoms with Crippen molar-refractivity contribution in [3.05, 3.63) is 64.0 Å². The molecule has 0 radical (unpaired) electrons. The van der Waals surface area contributed by atoms with E-state index in [2.05, 4.69) is 0 Å². The van der Waals surface area contributed by atoms with Gasteiger partial charge in [-0.15, -0.1) is 0 Å². The third kappa shape index (κ3) is 3.35. The van der Waals surface area contributed by atoms with E-state index in [4.69, 9.17) is 4.74 Å². The van der Waals surface area contributed by atoms with Crippen LogP contribution in [-0.4, -0.2) is 10.0 Å². The van der Waals surface area contributed by atoms with E-state index in [1.807, 2.05) is 0 Å². The fourth-order valence-electron chi connectivity index (χ4n) is 1.91. The van der Waals surface area contributed by atoms with Crippen LogP contribution in [0.3, 0.4) is 0 Å². The minimum Gasteiger partial charge on any atom is -0.450 e. The lowest BCUT2D eigenvalue weighted by atomic mass is 10.1. The normalized spacial score (nSPS) is 12.0. The molecular formula is C15H14FNO4. The number of hydrogen-bond acceptors (Lipinski definition) is 4. The van der Waals surface area contributed by atoms with Crippen LogP contribution in [0.25, 0.3) is 0 Å². The van der Waals surface area contributed by atoms with Gasteiger partial charge in [0.15, 0.2) is 0 Å². The number of nitrogens with zero attached hydrogens (tertiary/aromatic N) is 1. The highest BCUT2D eigenvalue weighted by atomic mass is 19.1. The van der Waals surface area contributed by atoms with E-state index in [-0.39, 0.29) is 17.2 Å². The molecule has 0 aliphatic rings. The number of hydrogen-bond donors (Lipinski definition) is 1. The molecule has 2 rings (SSSR count). The van der Waals surface area contributed by atoms with Gasteiger partial charge in [0.05, 0.1) is 11.0 Å². The van der Waals surface area contributed by atoms with Crippen LogP contribution < -0.4 is 4.74 Å². The van der Waals surface area contributed by atoms with Crippen LogP contribution >= 0.6 is 0 Å². The first-order valence-corrected chi connectivity index (χ1v) is 6.41. The molecule has 0 saturated carbocycles. The zero-order chi connectivity index (χ0) is 15.4. The fraction of sp³-hybridized carbons (Fsp3) is 0.200. The van der Waals surface area contributed by atoms with Crippen molar-refractivity contribution in [2.24, 2.45) is 0 Å². The van der Waals surface area contributed by atoms with E-state index in [1.54, 1.807) is 31.2 Å². The summed E-state index contributed by atoms with van der Waals surface area (Å²) >= 11 is 0. The van der Waals surface area contributed by atoms with Gasteiger partial charge >= 0.3 is 5.69 Å². The molecule has 0 saturated heterocycles. The zero-order valence-electron chi connectivity index (χ0n) is 11.3. The Kier molecular flexibility index (Phi) is 4.49. The van der Waals surface area contributed by atoms with Gasteiger partial charge in [-0.25, -0.2) is 4.39 Å².